The van der Waals surface area contributed by atoms with Gasteiger partial charge in [0.15, 0.2) is 5.60 Å². The summed E-state index contributed by atoms with van der Waals surface area (Å²) >= 11 is 0. The first-order chi connectivity index (χ1) is 8.68. The fraction of sp³-hybridized carbons (Fsp3) is 0.700. The van der Waals surface area contributed by atoms with Crippen LogP contribution in [0.2, 0.25) is 0 Å². The maximum atomic E-state index is 11.3. The van der Waals surface area contributed by atoms with Crippen LogP contribution in [0.25, 0.3) is 0 Å². The fourth-order valence-electron chi connectivity index (χ4n) is 1.26. The molecule has 19 heavy (non-hydrogen) atoms. The molecule has 6 N–H and O–H groups in total. The van der Waals surface area contributed by atoms with Gasteiger partial charge in [-0.1, -0.05) is 6.92 Å². The van der Waals surface area contributed by atoms with Crippen molar-refractivity contribution in [2.24, 2.45) is 0 Å². The molecule has 0 aliphatic heterocycles. The predicted molar refractivity (Wildman–Crippen MR) is 59.7 cm³/mol. The summed E-state index contributed by atoms with van der Waals surface area (Å²) in [5.74, 6) is -3.78. The number of hydrogen-bond donors (Lipinski definition) is 6. The van der Waals surface area contributed by atoms with Crippen molar-refractivity contribution in [3.8, 4) is 0 Å². The minimum atomic E-state index is -3.01. The highest BCUT2D eigenvalue weighted by Crippen LogP contribution is 2.19. The number of imide groups is 1. The summed E-state index contributed by atoms with van der Waals surface area (Å²) in [4.78, 5) is 33.2. The molecule has 9 nitrogen and oxygen atoms in total. The van der Waals surface area contributed by atoms with Crippen molar-refractivity contribution in [2.75, 3.05) is 6.61 Å². The van der Waals surface area contributed by atoms with Crippen molar-refractivity contribution in [1.82, 2.24) is 5.32 Å². The standard InChI is InChI=1S/C10H17NO8/c1-2-6(14)11-7(15)3-10(19,9(17)18)8(16)5(13)4-12/h5,8,12-13,16,19H,2-4H2,1H3,(H,17,18)(H,11,14,15)/t5-,8-,10-/m1/s1. The molecular weight excluding hydrogens is 262 g/mol. The van der Waals surface area contributed by atoms with Gasteiger partial charge >= 0.3 is 5.97 Å². The van der Waals surface area contributed by atoms with Crippen LogP contribution >= 0.6 is 0 Å². The average Bonchev–Trinajstić information content (AvgIpc) is 2.35. The highest BCUT2D eigenvalue weighted by Gasteiger charge is 2.48. The van der Waals surface area contributed by atoms with Crippen LogP contribution in [0.15, 0.2) is 0 Å². The van der Waals surface area contributed by atoms with Gasteiger partial charge in [0.2, 0.25) is 11.8 Å². The SMILES string of the molecule is CCC(=O)NC(=O)C[C@](O)(C(=O)O)[C@H](O)[C@H](O)CO. The Hall–Kier alpha value is -1.55. The Labute approximate surface area is 108 Å². The summed E-state index contributed by atoms with van der Waals surface area (Å²) in [7, 11) is 0. The predicted octanol–water partition coefficient (Wildman–Crippen LogP) is -3.04. The van der Waals surface area contributed by atoms with Crippen molar-refractivity contribution < 1.29 is 39.9 Å². The smallest absolute Gasteiger partial charge is 0.339 e. The van der Waals surface area contributed by atoms with Crippen LogP contribution in [0.3, 0.4) is 0 Å². The molecule has 0 aliphatic rings. The van der Waals surface area contributed by atoms with Gasteiger partial charge in [-0.3, -0.25) is 14.9 Å². The first-order valence-corrected chi connectivity index (χ1v) is 5.44. The Bertz CT molecular complexity index is 357. The lowest BCUT2D eigenvalue weighted by Gasteiger charge is -2.30. The highest BCUT2D eigenvalue weighted by molar-refractivity contribution is 5.97. The Morgan fingerprint density at radius 2 is 1.74 bits per heavy atom. The van der Waals surface area contributed by atoms with Gasteiger partial charge in [0.25, 0.3) is 0 Å². The lowest BCUT2D eigenvalue weighted by atomic mass is 9.89. The minimum Gasteiger partial charge on any atom is -0.479 e. The number of carbonyl (C=O) groups excluding carboxylic acids is 2. The average molecular weight is 279 g/mol. The third-order valence-electron chi connectivity index (χ3n) is 2.44. The summed E-state index contributed by atoms with van der Waals surface area (Å²) in [5, 5.41) is 47.5. The van der Waals surface area contributed by atoms with Crippen LogP contribution in [0, 0.1) is 0 Å². The molecule has 3 atom stereocenters. The van der Waals surface area contributed by atoms with E-state index in [2.05, 4.69) is 0 Å². The molecule has 0 heterocycles. The first-order valence-electron chi connectivity index (χ1n) is 5.44. The normalized spacial score (nSPS) is 17.1. The number of rotatable bonds is 7. The molecule has 0 spiro atoms. The number of carboxylic acid groups (broad SMARTS) is 1. The van der Waals surface area contributed by atoms with Crippen LogP contribution < -0.4 is 5.32 Å². The third kappa shape index (κ3) is 4.56. The van der Waals surface area contributed by atoms with E-state index in [9.17, 15) is 24.6 Å². The number of nitrogens with one attached hydrogen (secondary N) is 1. The Morgan fingerprint density at radius 3 is 2.11 bits per heavy atom. The van der Waals surface area contributed by atoms with Crippen LogP contribution in [-0.2, 0) is 14.4 Å². The molecule has 110 valence electrons. The van der Waals surface area contributed by atoms with Gasteiger partial charge in [0, 0.05) is 6.42 Å². The quantitative estimate of drug-likeness (QED) is 0.286. The zero-order valence-electron chi connectivity index (χ0n) is 10.2. The van der Waals surface area contributed by atoms with Crippen molar-refractivity contribution in [3.63, 3.8) is 0 Å². The molecule has 2 amide bonds. The Kier molecular flexibility index (Phi) is 6.56. The van der Waals surface area contributed by atoms with Crippen molar-refractivity contribution in [2.45, 2.75) is 37.6 Å². The van der Waals surface area contributed by atoms with Crippen LogP contribution in [0.1, 0.15) is 19.8 Å². The van der Waals surface area contributed by atoms with Crippen molar-refractivity contribution >= 4 is 17.8 Å². The van der Waals surface area contributed by atoms with Crippen molar-refractivity contribution in [3.05, 3.63) is 0 Å². The van der Waals surface area contributed by atoms with Gasteiger partial charge in [0.05, 0.1) is 13.0 Å². The van der Waals surface area contributed by atoms with Gasteiger partial charge < -0.3 is 25.5 Å². The maximum Gasteiger partial charge on any atom is 0.339 e. The van der Waals surface area contributed by atoms with Crippen LogP contribution in [-0.4, -0.2) is 67.7 Å². The second-order valence-electron chi connectivity index (χ2n) is 3.93. The number of aliphatic carboxylic acids is 1. The zero-order chi connectivity index (χ0) is 15.2. The molecule has 0 saturated carbocycles. The molecule has 0 radical (unpaired) electrons. The second kappa shape index (κ2) is 7.14. The molecule has 0 rings (SSSR count). The molecular formula is C10H17NO8. The molecule has 0 saturated heterocycles. The summed E-state index contributed by atoms with van der Waals surface area (Å²) < 4.78 is 0. The first kappa shape index (κ1) is 17.4. The Morgan fingerprint density at radius 1 is 1.21 bits per heavy atom. The van der Waals surface area contributed by atoms with E-state index in [4.69, 9.17) is 15.3 Å². The minimum absolute atomic E-state index is 0.0287. The summed E-state index contributed by atoms with van der Waals surface area (Å²) in [6.07, 6.45) is -5.42. The van der Waals surface area contributed by atoms with E-state index in [1.54, 1.807) is 5.32 Å². The topological polar surface area (TPSA) is 164 Å². The molecule has 0 aliphatic carbocycles. The zero-order valence-corrected chi connectivity index (χ0v) is 10.2. The summed E-state index contributed by atoms with van der Waals surface area (Å²) in [5.41, 5.74) is -3.01. The van der Waals surface area contributed by atoms with Gasteiger partial charge in [0.1, 0.15) is 12.2 Å². The van der Waals surface area contributed by atoms with E-state index >= 15 is 0 Å². The van der Waals surface area contributed by atoms with E-state index in [0.29, 0.717) is 0 Å². The molecule has 0 aromatic rings. The Balaban J connectivity index is 4.96. The number of aliphatic hydroxyl groups is 4. The third-order valence-corrected chi connectivity index (χ3v) is 2.44. The molecule has 9 heteroatoms. The molecule has 0 bridgehead atoms. The molecule has 0 fully saturated rings. The lowest BCUT2D eigenvalue weighted by Crippen LogP contribution is -2.57. The van der Waals surface area contributed by atoms with Crippen LogP contribution in [0.4, 0.5) is 0 Å². The van der Waals surface area contributed by atoms with Gasteiger partial charge in [-0.2, -0.15) is 0 Å². The van der Waals surface area contributed by atoms with E-state index in [-0.39, 0.29) is 6.42 Å². The summed E-state index contributed by atoms with van der Waals surface area (Å²) in [6, 6.07) is 0. The van der Waals surface area contributed by atoms with Gasteiger partial charge in [-0.15, -0.1) is 0 Å². The molecule has 0 unspecified atom stereocenters. The van der Waals surface area contributed by atoms with E-state index < -0.39 is 48.6 Å². The molecule has 0 aromatic heterocycles. The monoisotopic (exact) mass is 279 g/mol. The van der Waals surface area contributed by atoms with Gasteiger partial charge in [-0.05, 0) is 0 Å². The number of amides is 2. The number of carboxylic acids is 1. The molecule has 0 aromatic carbocycles. The van der Waals surface area contributed by atoms with Crippen LogP contribution in [0.5, 0.6) is 0 Å². The summed E-state index contributed by atoms with van der Waals surface area (Å²) in [6.45, 7) is 0.447. The number of aliphatic hydroxyl groups excluding tert-OH is 3. The lowest BCUT2D eigenvalue weighted by molar-refractivity contribution is -0.187. The number of hydrogen-bond acceptors (Lipinski definition) is 7. The maximum absolute atomic E-state index is 11.3. The fourth-order valence-corrected chi connectivity index (χ4v) is 1.26. The highest BCUT2D eigenvalue weighted by atomic mass is 16.4. The van der Waals surface area contributed by atoms with E-state index in [0.717, 1.165) is 0 Å². The van der Waals surface area contributed by atoms with E-state index in [1.807, 2.05) is 0 Å². The second-order valence-corrected chi connectivity index (χ2v) is 3.93. The van der Waals surface area contributed by atoms with E-state index in [1.165, 1.54) is 6.92 Å². The van der Waals surface area contributed by atoms with Crippen molar-refractivity contribution in [1.29, 1.82) is 0 Å². The largest absolute Gasteiger partial charge is 0.479 e. The number of carbonyl (C=O) groups is 3. The van der Waals surface area contributed by atoms with Gasteiger partial charge in [-0.25, -0.2) is 4.79 Å².